The molecule has 0 saturated heterocycles. The molecule has 0 aromatic heterocycles. The predicted octanol–water partition coefficient (Wildman–Crippen LogP) is 4.78. The van der Waals surface area contributed by atoms with Gasteiger partial charge in [-0.3, -0.25) is 4.79 Å². The lowest BCUT2D eigenvalue weighted by Gasteiger charge is -2.46. The fourth-order valence-corrected chi connectivity index (χ4v) is 5.89. The Morgan fingerprint density at radius 2 is 1.64 bits per heavy atom. The lowest BCUT2D eigenvalue weighted by atomic mass is 9.69. The van der Waals surface area contributed by atoms with Crippen LogP contribution in [0, 0.1) is 5.41 Å². The number of nitrogens with zero attached hydrogens (tertiary/aromatic N) is 1. The largest absolute Gasteiger partial charge is 0.454 e. The van der Waals surface area contributed by atoms with Crippen molar-refractivity contribution in [2.24, 2.45) is 5.41 Å². The van der Waals surface area contributed by atoms with Crippen LogP contribution in [0.1, 0.15) is 49.3 Å². The quantitative estimate of drug-likeness (QED) is 0.632. The maximum Gasteiger partial charge on any atom is 0.231 e. The molecule has 6 heteroatoms. The van der Waals surface area contributed by atoms with Crippen molar-refractivity contribution in [1.82, 2.24) is 4.90 Å². The molecule has 0 bridgehead atoms. The second kappa shape index (κ2) is 6.56. The minimum absolute atomic E-state index is 0.0625. The number of hydrogen-bond donors (Lipinski definition) is 0. The van der Waals surface area contributed by atoms with Gasteiger partial charge in [0.2, 0.25) is 13.6 Å². The van der Waals surface area contributed by atoms with Crippen molar-refractivity contribution in [1.29, 1.82) is 0 Å². The lowest BCUT2D eigenvalue weighted by Crippen LogP contribution is -2.40. The molecule has 2 aromatic rings. The Morgan fingerprint density at radius 1 is 0.909 bits per heavy atom. The summed E-state index contributed by atoms with van der Waals surface area (Å²) in [6.45, 7) is 5.74. The Bertz CT molecular complexity index is 1290. The zero-order chi connectivity index (χ0) is 22.3. The Balaban J connectivity index is 1.42. The van der Waals surface area contributed by atoms with E-state index in [9.17, 15) is 4.79 Å². The Kier molecular flexibility index (Phi) is 3.80. The molecular formula is C27H25NO5. The first-order chi connectivity index (χ1) is 16.0. The topological polar surface area (TPSA) is 57.2 Å². The Labute approximate surface area is 192 Å². The number of ketones is 1. The van der Waals surface area contributed by atoms with Gasteiger partial charge in [-0.2, -0.15) is 0 Å². The molecule has 0 radical (unpaired) electrons. The molecule has 7 rings (SSSR count). The van der Waals surface area contributed by atoms with Crippen LogP contribution in [-0.2, 0) is 11.2 Å². The molecule has 168 valence electrons. The number of carbonyl (C=O) groups is 1. The lowest BCUT2D eigenvalue weighted by molar-refractivity contribution is -0.118. The summed E-state index contributed by atoms with van der Waals surface area (Å²) in [5.41, 5.74) is 6.67. The van der Waals surface area contributed by atoms with E-state index >= 15 is 0 Å². The summed E-state index contributed by atoms with van der Waals surface area (Å²) in [6.07, 6.45) is 4.61. The second-order valence-electron chi connectivity index (χ2n) is 10.2. The predicted molar refractivity (Wildman–Crippen MR) is 121 cm³/mol. The van der Waals surface area contributed by atoms with Gasteiger partial charge in [0, 0.05) is 41.4 Å². The molecule has 0 unspecified atom stereocenters. The van der Waals surface area contributed by atoms with Crippen LogP contribution in [0.3, 0.4) is 0 Å². The number of rotatable bonds is 1. The van der Waals surface area contributed by atoms with Gasteiger partial charge in [-0.05, 0) is 59.7 Å². The first-order valence-electron chi connectivity index (χ1n) is 11.5. The van der Waals surface area contributed by atoms with Crippen molar-refractivity contribution in [2.45, 2.75) is 39.0 Å². The average molecular weight is 443 g/mol. The van der Waals surface area contributed by atoms with E-state index in [-0.39, 0.29) is 30.7 Å². The summed E-state index contributed by atoms with van der Waals surface area (Å²) in [5, 5.41) is 0. The summed E-state index contributed by atoms with van der Waals surface area (Å²) < 4.78 is 22.5. The second-order valence-corrected chi connectivity index (χ2v) is 10.2. The molecule has 5 aliphatic rings. The molecule has 2 aromatic carbocycles. The molecule has 0 N–H and O–H groups in total. The van der Waals surface area contributed by atoms with Crippen LogP contribution in [0.2, 0.25) is 0 Å². The maximum atomic E-state index is 13.5. The third-order valence-electron chi connectivity index (χ3n) is 7.38. The molecule has 33 heavy (non-hydrogen) atoms. The first-order valence-corrected chi connectivity index (χ1v) is 11.5. The fourth-order valence-electron chi connectivity index (χ4n) is 5.89. The van der Waals surface area contributed by atoms with Crippen molar-refractivity contribution in [3.05, 3.63) is 64.4 Å². The molecule has 4 aliphatic heterocycles. The van der Waals surface area contributed by atoms with E-state index in [0.717, 1.165) is 59.2 Å². The number of benzene rings is 2. The summed E-state index contributed by atoms with van der Waals surface area (Å²) in [4.78, 5) is 15.9. The standard InChI is InChI=1S/C27H25NO5/c1-27(2)11-20-26(21(29)12-27)18(15-3-4-22-23(7-15)31-13-30-22)9-19-17-10-25-24(32-14-33-25)8-16(17)5-6-28(19)20/h3-4,7-10,18H,5-6,11-14H2,1-2H3/t18-/m1/s1. The number of ether oxygens (including phenoxy) is 4. The van der Waals surface area contributed by atoms with Crippen LogP contribution in [0.25, 0.3) is 5.70 Å². The van der Waals surface area contributed by atoms with Crippen molar-refractivity contribution in [3.63, 3.8) is 0 Å². The van der Waals surface area contributed by atoms with Gasteiger partial charge in [0.1, 0.15) is 0 Å². The van der Waals surface area contributed by atoms with E-state index in [1.807, 2.05) is 12.1 Å². The van der Waals surface area contributed by atoms with Gasteiger partial charge in [0.15, 0.2) is 28.8 Å². The van der Waals surface area contributed by atoms with Crippen LogP contribution in [0.5, 0.6) is 23.0 Å². The fraction of sp³-hybridized carbons (Fsp3) is 0.370. The highest BCUT2D eigenvalue weighted by Crippen LogP contribution is 2.52. The van der Waals surface area contributed by atoms with Crippen molar-refractivity contribution < 1.29 is 23.7 Å². The molecule has 6 nitrogen and oxygen atoms in total. The number of fused-ring (bicyclic) bond motifs is 6. The third kappa shape index (κ3) is 2.82. The maximum absolute atomic E-state index is 13.5. The van der Waals surface area contributed by atoms with E-state index < -0.39 is 0 Å². The summed E-state index contributed by atoms with van der Waals surface area (Å²) in [7, 11) is 0. The van der Waals surface area contributed by atoms with Crippen LogP contribution in [0.4, 0.5) is 0 Å². The Hall–Kier alpha value is -3.41. The SMILES string of the molecule is CC1(C)CC(=O)C2=C(C1)N1CCc3cc4c(cc3C1=C[C@@H]2c1ccc2c(c1)OCO2)OCO4. The monoisotopic (exact) mass is 443 g/mol. The minimum Gasteiger partial charge on any atom is -0.454 e. The molecule has 0 saturated carbocycles. The summed E-state index contributed by atoms with van der Waals surface area (Å²) >= 11 is 0. The van der Waals surface area contributed by atoms with Gasteiger partial charge >= 0.3 is 0 Å². The van der Waals surface area contributed by atoms with Crippen molar-refractivity contribution >= 4 is 11.5 Å². The number of Topliss-reactive ketones (excluding diaryl/α,β-unsaturated/α-hetero) is 1. The highest BCUT2D eigenvalue weighted by molar-refractivity contribution is 6.01. The molecular weight excluding hydrogens is 418 g/mol. The van der Waals surface area contributed by atoms with Gasteiger partial charge in [-0.1, -0.05) is 19.9 Å². The molecule has 1 atom stereocenters. The first kappa shape index (κ1) is 19.1. The van der Waals surface area contributed by atoms with E-state index in [0.29, 0.717) is 6.42 Å². The van der Waals surface area contributed by atoms with Gasteiger partial charge in [0.05, 0.1) is 0 Å². The number of hydrogen-bond acceptors (Lipinski definition) is 6. The molecule has 1 aliphatic carbocycles. The highest BCUT2D eigenvalue weighted by atomic mass is 16.7. The van der Waals surface area contributed by atoms with Crippen LogP contribution < -0.4 is 18.9 Å². The number of carbonyl (C=O) groups excluding carboxylic acids is 1. The Morgan fingerprint density at radius 3 is 2.45 bits per heavy atom. The van der Waals surface area contributed by atoms with Crippen LogP contribution in [-0.4, -0.2) is 30.8 Å². The summed E-state index contributed by atoms with van der Waals surface area (Å²) in [6, 6.07) is 10.3. The molecule has 0 fully saturated rings. The van der Waals surface area contributed by atoms with Gasteiger partial charge in [-0.15, -0.1) is 0 Å². The highest BCUT2D eigenvalue weighted by Gasteiger charge is 2.43. The zero-order valence-corrected chi connectivity index (χ0v) is 18.8. The molecule has 0 spiro atoms. The molecule has 0 amide bonds. The van der Waals surface area contributed by atoms with Gasteiger partial charge < -0.3 is 23.8 Å². The van der Waals surface area contributed by atoms with Crippen LogP contribution >= 0.6 is 0 Å². The zero-order valence-electron chi connectivity index (χ0n) is 18.8. The van der Waals surface area contributed by atoms with E-state index in [4.69, 9.17) is 18.9 Å². The van der Waals surface area contributed by atoms with Crippen LogP contribution in [0.15, 0.2) is 47.7 Å². The smallest absolute Gasteiger partial charge is 0.231 e. The van der Waals surface area contributed by atoms with Crippen molar-refractivity contribution in [3.8, 4) is 23.0 Å². The normalized spacial score (nSPS) is 23.7. The van der Waals surface area contributed by atoms with E-state index in [1.54, 1.807) is 0 Å². The van der Waals surface area contributed by atoms with E-state index in [1.165, 1.54) is 16.8 Å². The van der Waals surface area contributed by atoms with Gasteiger partial charge in [-0.25, -0.2) is 0 Å². The minimum atomic E-state index is -0.124. The van der Waals surface area contributed by atoms with Crippen molar-refractivity contribution in [2.75, 3.05) is 20.1 Å². The molecule has 4 heterocycles. The average Bonchev–Trinajstić information content (AvgIpc) is 3.44. The third-order valence-corrected chi connectivity index (χ3v) is 7.38. The number of allylic oxidation sites excluding steroid dienone is 3. The summed E-state index contributed by atoms with van der Waals surface area (Å²) in [5.74, 6) is 3.23. The van der Waals surface area contributed by atoms with Gasteiger partial charge in [0.25, 0.3) is 0 Å². The van der Waals surface area contributed by atoms with E-state index in [2.05, 4.69) is 43.0 Å².